The minimum absolute atomic E-state index is 0.0757. The molecule has 0 unspecified atom stereocenters. The van der Waals surface area contributed by atoms with Gasteiger partial charge in [0.1, 0.15) is 0 Å². The number of anilines is 2. The van der Waals surface area contributed by atoms with Gasteiger partial charge in [0.2, 0.25) is 11.8 Å². The zero-order chi connectivity index (χ0) is 31.1. The van der Waals surface area contributed by atoms with Crippen LogP contribution in [0, 0.1) is 0 Å². The maximum atomic E-state index is 11.7. The van der Waals surface area contributed by atoms with E-state index in [0.29, 0.717) is 5.56 Å². The second-order valence-corrected chi connectivity index (χ2v) is 12.5. The summed E-state index contributed by atoms with van der Waals surface area (Å²) in [5, 5.41) is 0. The van der Waals surface area contributed by atoms with E-state index in [0.717, 1.165) is 73.9 Å². The predicted molar refractivity (Wildman–Crippen MR) is 175 cm³/mol. The van der Waals surface area contributed by atoms with Crippen molar-refractivity contribution in [2.75, 3.05) is 11.5 Å². The van der Waals surface area contributed by atoms with E-state index in [1.54, 1.807) is 24.3 Å². The van der Waals surface area contributed by atoms with Crippen LogP contribution in [0.2, 0.25) is 0 Å². The Bertz CT molecular complexity index is 1370. The summed E-state index contributed by atoms with van der Waals surface area (Å²) in [6.07, 6.45) is 12.9. The summed E-state index contributed by atoms with van der Waals surface area (Å²) >= 11 is 0. The van der Waals surface area contributed by atoms with Crippen LogP contribution in [0.5, 0.6) is 0 Å². The highest BCUT2D eigenvalue weighted by molar-refractivity contribution is 5.93. The van der Waals surface area contributed by atoms with Crippen LogP contribution < -0.4 is 34.4 Å². The van der Waals surface area contributed by atoms with Crippen LogP contribution >= 0.6 is 0 Å². The lowest BCUT2D eigenvalue weighted by Crippen LogP contribution is -2.38. The van der Waals surface area contributed by atoms with Gasteiger partial charge in [-0.15, -0.1) is 0 Å². The Hall–Kier alpha value is -3.88. The molecular weight excluding hydrogens is 536 g/mol. The minimum Gasteiger partial charge on any atom is -0.399 e. The highest BCUT2D eigenvalue weighted by atomic mass is 16.1. The Balaban J connectivity index is 0.000000150. The zero-order valence-corrected chi connectivity index (χ0v) is 25.2. The molecule has 0 atom stereocenters. The first kappa shape index (κ1) is 32.0. The van der Waals surface area contributed by atoms with E-state index in [4.69, 9.17) is 34.4 Å². The molecule has 3 aromatic rings. The third kappa shape index (κ3) is 7.37. The second-order valence-electron chi connectivity index (χ2n) is 12.5. The van der Waals surface area contributed by atoms with Gasteiger partial charge in [0.05, 0.1) is 5.41 Å². The van der Waals surface area contributed by atoms with Gasteiger partial charge in [-0.05, 0) is 85.5 Å². The third-order valence-corrected chi connectivity index (χ3v) is 9.63. The van der Waals surface area contributed by atoms with E-state index in [9.17, 15) is 9.59 Å². The van der Waals surface area contributed by atoms with Crippen molar-refractivity contribution in [3.63, 3.8) is 0 Å². The number of hydrogen-bond donors (Lipinski definition) is 6. The highest BCUT2D eigenvalue weighted by Crippen LogP contribution is 2.41. The molecular formula is C35H48N6O2. The lowest BCUT2D eigenvalue weighted by molar-refractivity contribution is -0.123. The molecule has 0 spiro atoms. The normalized spacial score (nSPS) is 19.4. The molecule has 0 saturated heterocycles. The summed E-state index contributed by atoms with van der Waals surface area (Å²) in [5.74, 6) is -0.738. The number of para-hydroxylation sites is 1. The molecule has 2 amide bonds. The Morgan fingerprint density at radius 1 is 0.558 bits per heavy atom. The van der Waals surface area contributed by atoms with E-state index >= 15 is 0 Å². The van der Waals surface area contributed by atoms with Crippen LogP contribution in [0.1, 0.15) is 104 Å². The Kier molecular flexibility index (Phi) is 10.1. The number of nitrogen functional groups attached to an aromatic ring is 2. The molecule has 3 saturated carbocycles. The average Bonchev–Trinajstić information content (AvgIpc) is 3.77. The molecule has 3 aromatic carbocycles. The summed E-state index contributed by atoms with van der Waals surface area (Å²) in [5.41, 5.74) is 39.4. The molecule has 12 N–H and O–H groups in total. The van der Waals surface area contributed by atoms with Crippen molar-refractivity contribution in [2.24, 2.45) is 22.9 Å². The summed E-state index contributed by atoms with van der Waals surface area (Å²) in [4.78, 5) is 22.7. The van der Waals surface area contributed by atoms with Crippen LogP contribution in [0.4, 0.5) is 11.4 Å². The fraction of sp³-hybridized carbons (Fsp3) is 0.429. The number of carbonyl (C=O) groups excluding carboxylic acids is 2. The zero-order valence-electron chi connectivity index (χ0n) is 25.2. The fourth-order valence-electron chi connectivity index (χ4n) is 6.94. The molecule has 0 radical (unpaired) electrons. The SMILES string of the molecule is NC(=O)c1ccc(C2(C(N)=O)CCCC2)cc1.Nc1ccc(C2(N)CCCC2)cc1.Nc1ccccc1C1(N)CCCC1. The molecule has 0 aliphatic heterocycles. The molecule has 3 aliphatic carbocycles. The molecule has 6 rings (SSSR count). The van der Waals surface area contributed by atoms with E-state index in [1.165, 1.54) is 31.2 Å². The van der Waals surface area contributed by atoms with Crippen LogP contribution in [-0.4, -0.2) is 11.8 Å². The predicted octanol–water partition coefficient (Wildman–Crippen LogP) is 5.08. The molecule has 8 heteroatoms. The monoisotopic (exact) mass is 584 g/mol. The summed E-state index contributed by atoms with van der Waals surface area (Å²) < 4.78 is 0. The van der Waals surface area contributed by atoms with Crippen LogP contribution in [0.15, 0.2) is 72.8 Å². The molecule has 0 aromatic heterocycles. The van der Waals surface area contributed by atoms with Crippen molar-refractivity contribution in [1.82, 2.24) is 0 Å². The number of primary amides is 2. The summed E-state index contributed by atoms with van der Waals surface area (Å²) in [7, 11) is 0. The van der Waals surface area contributed by atoms with Crippen molar-refractivity contribution in [3.05, 3.63) is 95.1 Å². The summed E-state index contributed by atoms with van der Waals surface area (Å²) in [6.45, 7) is 0. The van der Waals surface area contributed by atoms with Crippen molar-refractivity contribution in [1.29, 1.82) is 0 Å². The lowest BCUT2D eigenvalue weighted by atomic mass is 9.78. The fourth-order valence-corrected chi connectivity index (χ4v) is 6.94. The molecule has 230 valence electrons. The Morgan fingerprint density at radius 2 is 1.02 bits per heavy atom. The van der Waals surface area contributed by atoms with Gasteiger partial charge in [-0.25, -0.2) is 0 Å². The maximum Gasteiger partial charge on any atom is 0.248 e. The molecule has 0 heterocycles. The number of amides is 2. The second kappa shape index (κ2) is 13.6. The average molecular weight is 585 g/mol. The highest BCUT2D eigenvalue weighted by Gasteiger charge is 2.41. The van der Waals surface area contributed by atoms with Crippen LogP contribution in [-0.2, 0) is 21.3 Å². The van der Waals surface area contributed by atoms with E-state index in [-0.39, 0.29) is 17.0 Å². The number of rotatable bonds is 5. The first-order valence-corrected chi connectivity index (χ1v) is 15.5. The van der Waals surface area contributed by atoms with Gasteiger partial charge in [0, 0.05) is 28.0 Å². The van der Waals surface area contributed by atoms with Crippen molar-refractivity contribution in [3.8, 4) is 0 Å². The number of carbonyl (C=O) groups is 2. The first-order valence-electron chi connectivity index (χ1n) is 15.5. The van der Waals surface area contributed by atoms with Gasteiger partial charge < -0.3 is 34.4 Å². The number of benzene rings is 3. The largest absolute Gasteiger partial charge is 0.399 e. The number of hydrogen-bond acceptors (Lipinski definition) is 6. The molecule has 8 nitrogen and oxygen atoms in total. The Morgan fingerprint density at radius 3 is 1.51 bits per heavy atom. The van der Waals surface area contributed by atoms with Crippen molar-refractivity contribution >= 4 is 23.2 Å². The van der Waals surface area contributed by atoms with Gasteiger partial charge in [-0.2, -0.15) is 0 Å². The molecule has 43 heavy (non-hydrogen) atoms. The first-order chi connectivity index (χ1) is 20.5. The topological polar surface area (TPSA) is 190 Å². The molecule has 3 fully saturated rings. The van der Waals surface area contributed by atoms with Gasteiger partial charge >= 0.3 is 0 Å². The lowest BCUT2D eigenvalue weighted by Gasteiger charge is -2.25. The molecule has 0 bridgehead atoms. The third-order valence-electron chi connectivity index (χ3n) is 9.63. The standard InChI is InChI=1S/C13H16N2O2.2C11H16N2/c14-11(16)9-3-5-10(6-4-9)13(12(15)17)7-1-2-8-13;12-10-5-3-9(4-6-10)11(13)7-1-2-8-11;12-10-6-2-1-5-9(10)11(13)7-3-4-8-11/h3-6H,1-2,7-8H2,(H2,14,16)(H2,15,17);3-6H,1-2,7-8,12-13H2;1-2,5-6H,3-4,7-8,12-13H2. The van der Waals surface area contributed by atoms with Gasteiger partial charge in [0.25, 0.3) is 0 Å². The van der Waals surface area contributed by atoms with Crippen molar-refractivity contribution in [2.45, 2.75) is 93.5 Å². The van der Waals surface area contributed by atoms with Crippen LogP contribution in [0.3, 0.4) is 0 Å². The minimum atomic E-state index is -0.545. The molecule has 3 aliphatic rings. The van der Waals surface area contributed by atoms with E-state index in [2.05, 4.69) is 18.2 Å². The van der Waals surface area contributed by atoms with E-state index < -0.39 is 11.3 Å². The summed E-state index contributed by atoms with van der Waals surface area (Å²) in [6, 6.07) is 22.8. The number of nitrogens with two attached hydrogens (primary N) is 6. The van der Waals surface area contributed by atoms with Gasteiger partial charge in [-0.3, -0.25) is 9.59 Å². The quantitative estimate of drug-likeness (QED) is 0.227. The smallest absolute Gasteiger partial charge is 0.248 e. The van der Waals surface area contributed by atoms with Crippen molar-refractivity contribution < 1.29 is 9.59 Å². The van der Waals surface area contributed by atoms with Gasteiger partial charge in [-0.1, -0.05) is 81.0 Å². The van der Waals surface area contributed by atoms with E-state index in [1.807, 2.05) is 30.3 Å². The van der Waals surface area contributed by atoms with Gasteiger partial charge in [0.15, 0.2) is 0 Å². The Labute approximate surface area is 255 Å². The maximum absolute atomic E-state index is 11.7. The van der Waals surface area contributed by atoms with Crippen LogP contribution in [0.25, 0.3) is 0 Å².